The lowest BCUT2D eigenvalue weighted by molar-refractivity contribution is 0.106. The molecular weight excluding hydrogens is 354 g/mol. The number of fused-ring (bicyclic) bond motifs is 7. The number of hydrogen-bond acceptors (Lipinski definition) is 5. The maximum atomic E-state index is 10.5. The Bertz CT molecular complexity index is 1080. The van der Waals surface area contributed by atoms with Crippen LogP contribution >= 0.6 is 0 Å². The Balaban J connectivity index is 1.87. The van der Waals surface area contributed by atoms with Crippen LogP contribution in [0.2, 0.25) is 0 Å². The second kappa shape index (κ2) is 6.54. The molecule has 5 nitrogen and oxygen atoms in total. The number of nitrogens with zero attached hydrogens (tertiary/aromatic N) is 1. The second-order valence-corrected chi connectivity index (χ2v) is 7.72. The van der Waals surface area contributed by atoms with E-state index in [4.69, 9.17) is 14.2 Å². The van der Waals surface area contributed by atoms with Crippen molar-refractivity contribution in [3.63, 3.8) is 0 Å². The molecule has 2 aliphatic rings. The first-order chi connectivity index (χ1) is 13.6. The Morgan fingerprint density at radius 1 is 0.857 bits per heavy atom. The number of aliphatic hydroxyl groups excluding tert-OH is 1. The monoisotopic (exact) mass is 379 g/mol. The summed E-state index contributed by atoms with van der Waals surface area (Å²) in [5.41, 5.74) is 2.67. The number of ether oxygens (including phenoxy) is 3. The summed E-state index contributed by atoms with van der Waals surface area (Å²) >= 11 is 0. The summed E-state index contributed by atoms with van der Waals surface area (Å²) in [7, 11) is 5.03. The van der Waals surface area contributed by atoms with E-state index >= 15 is 0 Å². The molecule has 0 spiro atoms. The van der Waals surface area contributed by atoms with Gasteiger partial charge in [-0.2, -0.15) is 0 Å². The van der Waals surface area contributed by atoms with Gasteiger partial charge in [0.1, 0.15) is 5.75 Å². The van der Waals surface area contributed by atoms with Crippen molar-refractivity contribution in [2.75, 3.05) is 27.9 Å². The molecule has 5 rings (SSSR count). The first kappa shape index (κ1) is 17.6. The molecule has 2 heterocycles. The van der Waals surface area contributed by atoms with Crippen LogP contribution in [0.1, 0.15) is 17.5 Å². The maximum Gasteiger partial charge on any atom is 0.161 e. The Morgan fingerprint density at radius 3 is 2.29 bits per heavy atom. The van der Waals surface area contributed by atoms with Crippen molar-refractivity contribution >= 4 is 21.5 Å². The molecule has 0 bridgehead atoms. The van der Waals surface area contributed by atoms with Gasteiger partial charge in [0, 0.05) is 19.1 Å². The topological polar surface area (TPSA) is 51.2 Å². The van der Waals surface area contributed by atoms with Gasteiger partial charge >= 0.3 is 0 Å². The highest BCUT2D eigenvalue weighted by atomic mass is 16.5. The van der Waals surface area contributed by atoms with Crippen molar-refractivity contribution in [2.45, 2.75) is 31.5 Å². The Labute approximate surface area is 164 Å². The van der Waals surface area contributed by atoms with Gasteiger partial charge in [-0.15, -0.1) is 0 Å². The zero-order chi connectivity index (χ0) is 19.4. The molecule has 0 radical (unpaired) electrons. The molecule has 1 fully saturated rings. The van der Waals surface area contributed by atoms with Gasteiger partial charge in [0.25, 0.3) is 0 Å². The molecule has 1 saturated heterocycles. The summed E-state index contributed by atoms with van der Waals surface area (Å²) in [6, 6.07) is 10.6. The average Bonchev–Trinajstić information content (AvgIpc) is 3.11. The predicted molar refractivity (Wildman–Crippen MR) is 110 cm³/mol. The summed E-state index contributed by atoms with van der Waals surface area (Å²) < 4.78 is 16.7. The average molecular weight is 379 g/mol. The van der Waals surface area contributed by atoms with Crippen LogP contribution in [0, 0.1) is 0 Å². The van der Waals surface area contributed by atoms with Gasteiger partial charge in [-0.05, 0) is 69.8 Å². The lowest BCUT2D eigenvalue weighted by atomic mass is 9.84. The highest BCUT2D eigenvalue weighted by molar-refractivity contribution is 6.12. The highest BCUT2D eigenvalue weighted by Crippen LogP contribution is 2.44. The molecule has 2 atom stereocenters. The molecule has 0 unspecified atom stereocenters. The van der Waals surface area contributed by atoms with Gasteiger partial charge < -0.3 is 19.3 Å². The van der Waals surface area contributed by atoms with E-state index in [2.05, 4.69) is 29.2 Å². The molecule has 0 amide bonds. The molecule has 0 aromatic heterocycles. The summed E-state index contributed by atoms with van der Waals surface area (Å²) in [5, 5.41) is 15.2. The van der Waals surface area contributed by atoms with Crippen LogP contribution in [0.25, 0.3) is 21.5 Å². The fraction of sp³-hybridized carbons (Fsp3) is 0.391. The number of aliphatic hydroxyl groups is 1. The number of benzene rings is 3. The third kappa shape index (κ3) is 2.46. The molecule has 0 saturated carbocycles. The van der Waals surface area contributed by atoms with Crippen LogP contribution in [0.4, 0.5) is 0 Å². The van der Waals surface area contributed by atoms with Gasteiger partial charge in [-0.3, -0.25) is 4.90 Å². The third-order valence-corrected chi connectivity index (χ3v) is 6.45. The van der Waals surface area contributed by atoms with E-state index in [0.717, 1.165) is 54.0 Å². The third-order valence-electron chi connectivity index (χ3n) is 6.45. The SMILES string of the molecule is COc1ccc2c3c(c4cc(OC)c(OC)cc4c2c1)C[C@H]1[C@H](O)CCN1C3. The van der Waals surface area contributed by atoms with Crippen LogP contribution in [-0.2, 0) is 13.0 Å². The quantitative estimate of drug-likeness (QED) is 0.706. The van der Waals surface area contributed by atoms with Crippen molar-refractivity contribution in [3.8, 4) is 17.2 Å². The zero-order valence-corrected chi connectivity index (χ0v) is 16.5. The summed E-state index contributed by atoms with van der Waals surface area (Å²) in [6.07, 6.45) is 1.44. The second-order valence-electron chi connectivity index (χ2n) is 7.72. The summed E-state index contributed by atoms with van der Waals surface area (Å²) in [5.74, 6) is 2.29. The normalized spacial score (nSPS) is 21.6. The summed E-state index contributed by atoms with van der Waals surface area (Å²) in [6.45, 7) is 1.82. The number of hydrogen-bond donors (Lipinski definition) is 1. The zero-order valence-electron chi connectivity index (χ0n) is 16.5. The van der Waals surface area contributed by atoms with Crippen molar-refractivity contribution in [1.82, 2.24) is 4.90 Å². The fourth-order valence-corrected chi connectivity index (χ4v) is 5.00. The first-order valence-electron chi connectivity index (χ1n) is 9.74. The minimum absolute atomic E-state index is 0.194. The minimum Gasteiger partial charge on any atom is -0.497 e. The lowest BCUT2D eigenvalue weighted by Crippen LogP contribution is -2.40. The molecule has 2 aliphatic heterocycles. The molecule has 0 aliphatic carbocycles. The minimum atomic E-state index is -0.255. The van der Waals surface area contributed by atoms with E-state index in [1.165, 1.54) is 21.9 Å². The molecule has 28 heavy (non-hydrogen) atoms. The molecule has 146 valence electrons. The van der Waals surface area contributed by atoms with E-state index in [1.54, 1.807) is 21.3 Å². The predicted octanol–water partition coefficient (Wildman–Crippen LogP) is 3.51. The van der Waals surface area contributed by atoms with Crippen LogP contribution in [0.5, 0.6) is 17.2 Å². The van der Waals surface area contributed by atoms with Crippen LogP contribution < -0.4 is 14.2 Å². The van der Waals surface area contributed by atoms with E-state index < -0.39 is 0 Å². The molecule has 5 heteroatoms. The molecule has 3 aromatic rings. The number of rotatable bonds is 3. The molecular formula is C23H25NO4. The van der Waals surface area contributed by atoms with Gasteiger partial charge in [0.15, 0.2) is 11.5 Å². The Morgan fingerprint density at radius 2 is 1.57 bits per heavy atom. The van der Waals surface area contributed by atoms with Crippen molar-refractivity contribution in [3.05, 3.63) is 41.5 Å². The largest absolute Gasteiger partial charge is 0.497 e. The highest BCUT2D eigenvalue weighted by Gasteiger charge is 2.38. The van der Waals surface area contributed by atoms with Crippen molar-refractivity contribution in [2.24, 2.45) is 0 Å². The smallest absolute Gasteiger partial charge is 0.161 e. The van der Waals surface area contributed by atoms with E-state index in [9.17, 15) is 5.11 Å². The van der Waals surface area contributed by atoms with E-state index in [1.807, 2.05) is 6.07 Å². The maximum absolute atomic E-state index is 10.5. The Kier molecular flexibility index (Phi) is 4.11. The van der Waals surface area contributed by atoms with Gasteiger partial charge in [-0.1, -0.05) is 6.07 Å². The van der Waals surface area contributed by atoms with Gasteiger partial charge in [-0.25, -0.2) is 0 Å². The Hall–Kier alpha value is -2.50. The van der Waals surface area contributed by atoms with Crippen LogP contribution in [0.15, 0.2) is 30.3 Å². The standard InChI is InChI=1S/C23H25NO4/c1-26-13-4-5-14-15(8-13)17-10-22(27-2)23(28-3)11-18(17)16-9-20-21(25)6-7-24(20)12-19(14)16/h4-5,8,10-11,20-21,25H,6-7,9,12H2,1-3H3/t20-,21+/m0/s1. The van der Waals surface area contributed by atoms with Crippen LogP contribution in [0.3, 0.4) is 0 Å². The van der Waals surface area contributed by atoms with Gasteiger partial charge in [0.05, 0.1) is 27.4 Å². The molecule has 3 aromatic carbocycles. The first-order valence-corrected chi connectivity index (χ1v) is 9.74. The number of methoxy groups -OCH3 is 3. The summed E-state index contributed by atoms with van der Waals surface area (Å²) in [4.78, 5) is 2.42. The van der Waals surface area contributed by atoms with Crippen molar-refractivity contribution < 1.29 is 19.3 Å². The van der Waals surface area contributed by atoms with E-state index in [0.29, 0.717) is 0 Å². The van der Waals surface area contributed by atoms with E-state index in [-0.39, 0.29) is 12.1 Å². The molecule has 1 N–H and O–H groups in total. The van der Waals surface area contributed by atoms with Crippen molar-refractivity contribution in [1.29, 1.82) is 0 Å². The fourth-order valence-electron chi connectivity index (χ4n) is 5.00. The van der Waals surface area contributed by atoms with Gasteiger partial charge in [0.2, 0.25) is 0 Å². The lowest BCUT2D eigenvalue weighted by Gasteiger charge is -2.34. The van der Waals surface area contributed by atoms with Crippen LogP contribution in [-0.4, -0.2) is 50.0 Å².